The lowest BCUT2D eigenvalue weighted by molar-refractivity contribution is 0.0591. The predicted octanol–water partition coefficient (Wildman–Crippen LogP) is 2.89. The number of H-pyrrole nitrogens is 1. The van der Waals surface area contributed by atoms with Crippen molar-refractivity contribution < 1.29 is 23.5 Å². The highest BCUT2D eigenvalue weighted by Gasteiger charge is 2.21. The van der Waals surface area contributed by atoms with E-state index in [0.29, 0.717) is 5.69 Å². The average molecular weight is 418 g/mol. The minimum absolute atomic E-state index is 0.0349. The van der Waals surface area contributed by atoms with Crippen molar-refractivity contribution in [3.8, 4) is 0 Å². The highest BCUT2D eigenvalue weighted by Crippen LogP contribution is 2.19. The van der Waals surface area contributed by atoms with E-state index in [1.54, 1.807) is 0 Å². The molecule has 0 radical (unpaired) electrons. The standard InChI is InChI=1S/C18H13ClFN5O4/c1-29-18(28)15-14(22-8-23-15)17(27)24-10-3-5-13(21-7-10)25-16(26)11-4-2-9(20)6-12(11)19/h2-8H,1H3,(H,22,23)(H,24,27)(H,21,25,26). The van der Waals surface area contributed by atoms with Gasteiger partial charge in [0.1, 0.15) is 17.3 Å². The number of amides is 2. The molecule has 0 spiro atoms. The number of halogens is 2. The Balaban J connectivity index is 1.67. The number of imidazole rings is 1. The number of hydrogen-bond acceptors (Lipinski definition) is 6. The zero-order valence-corrected chi connectivity index (χ0v) is 15.6. The van der Waals surface area contributed by atoms with Crippen LogP contribution in [0.25, 0.3) is 0 Å². The van der Waals surface area contributed by atoms with Gasteiger partial charge in [0.05, 0.1) is 35.9 Å². The van der Waals surface area contributed by atoms with Crippen molar-refractivity contribution in [3.05, 3.63) is 70.6 Å². The molecule has 0 atom stereocenters. The zero-order chi connectivity index (χ0) is 21.0. The molecule has 0 bridgehead atoms. The molecular formula is C18H13ClFN5O4. The maximum atomic E-state index is 13.1. The molecule has 0 aliphatic carbocycles. The Kier molecular flexibility index (Phi) is 5.84. The summed E-state index contributed by atoms with van der Waals surface area (Å²) in [6, 6.07) is 6.33. The maximum absolute atomic E-state index is 13.1. The molecule has 0 fully saturated rings. The van der Waals surface area contributed by atoms with Gasteiger partial charge in [0.25, 0.3) is 11.8 Å². The second-order valence-electron chi connectivity index (χ2n) is 5.58. The number of anilines is 2. The van der Waals surface area contributed by atoms with Crippen LogP contribution in [0.4, 0.5) is 15.9 Å². The Bertz CT molecular complexity index is 1080. The van der Waals surface area contributed by atoms with Gasteiger partial charge < -0.3 is 20.4 Å². The van der Waals surface area contributed by atoms with Crippen molar-refractivity contribution in [3.63, 3.8) is 0 Å². The van der Waals surface area contributed by atoms with Gasteiger partial charge in [0.2, 0.25) is 0 Å². The summed E-state index contributed by atoms with van der Waals surface area (Å²) in [7, 11) is 1.18. The van der Waals surface area contributed by atoms with Crippen molar-refractivity contribution in [1.29, 1.82) is 0 Å². The van der Waals surface area contributed by atoms with Crippen LogP contribution in [0.1, 0.15) is 31.3 Å². The molecule has 3 N–H and O–H groups in total. The van der Waals surface area contributed by atoms with Gasteiger partial charge in [0, 0.05) is 0 Å². The minimum atomic E-state index is -0.757. The van der Waals surface area contributed by atoms with Crippen LogP contribution in [0.2, 0.25) is 5.02 Å². The number of aromatic nitrogens is 3. The number of aromatic amines is 1. The number of nitrogens with zero attached hydrogens (tertiary/aromatic N) is 2. The number of carbonyl (C=O) groups excluding carboxylic acids is 3. The smallest absolute Gasteiger partial charge is 0.359 e. The van der Waals surface area contributed by atoms with E-state index < -0.39 is 23.6 Å². The second kappa shape index (κ2) is 8.48. The number of hydrogen-bond donors (Lipinski definition) is 3. The first-order chi connectivity index (χ1) is 13.9. The first-order valence-electron chi connectivity index (χ1n) is 8.04. The van der Waals surface area contributed by atoms with Gasteiger partial charge in [-0.05, 0) is 30.3 Å². The second-order valence-corrected chi connectivity index (χ2v) is 5.99. The van der Waals surface area contributed by atoms with E-state index in [1.165, 1.54) is 37.8 Å². The van der Waals surface area contributed by atoms with Crippen LogP contribution in [0, 0.1) is 5.82 Å². The fraction of sp³-hybridized carbons (Fsp3) is 0.0556. The summed E-state index contributed by atoms with van der Waals surface area (Å²) >= 11 is 5.86. The normalized spacial score (nSPS) is 10.3. The summed E-state index contributed by atoms with van der Waals surface area (Å²) in [4.78, 5) is 46.4. The Morgan fingerprint density at radius 1 is 1.10 bits per heavy atom. The van der Waals surface area contributed by atoms with Crippen molar-refractivity contribution in [2.45, 2.75) is 0 Å². The Morgan fingerprint density at radius 2 is 1.90 bits per heavy atom. The minimum Gasteiger partial charge on any atom is -0.464 e. The molecule has 148 valence electrons. The van der Waals surface area contributed by atoms with Crippen LogP contribution in [0.15, 0.2) is 42.9 Å². The number of pyridine rings is 1. The van der Waals surface area contributed by atoms with E-state index >= 15 is 0 Å². The first kappa shape index (κ1) is 20.0. The third kappa shape index (κ3) is 4.55. The number of rotatable bonds is 5. The average Bonchev–Trinajstić information content (AvgIpc) is 3.19. The summed E-state index contributed by atoms with van der Waals surface area (Å²) in [6.45, 7) is 0. The molecule has 1 aromatic carbocycles. The molecule has 11 heteroatoms. The lowest BCUT2D eigenvalue weighted by Gasteiger charge is -2.08. The Morgan fingerprint density at radius 3 is 2.55 bits per heavy atom. The summed E-state index contributed by atoms with van der Waals surface area (Å²) in [5.74, 6) is -2.33. The number of esters is 1. The molecule has 2 heterocycles. The fourth-order valence-corrected chi connectivity index (χ4v) is 2.56. The van der Waals surface area contributed by atoms with Gasteiger partial charge in [-0.25, -0.2) is 19.2 Å². The molecule has 0 saturated carbocycles. The lowest BCUT2D eigenvalue weighted by Crippen LogP contribution is -2.18. The van der Waals surface area contributed by atoms with E-state index in [0.717, 1.165) is 12.1 Å². The van der Waals surface area contributed by atoms with Crippen LogP contribution >= 0.6 is 11.6 Å². The van der Waals surface area contributed by atoms with Gasteiger partial charge in [0.15, 0.2) is 5.69 Å². The van der Waals surface area contributed by atoms with Crippen LogP contribution in [0.5, 0.6) is 0 Å². The number of methoxy groups -OCH3 is 1. The molecule has 2 aromatic heterocycles. The van der Waals surface area contributed by atoms with E-state index in [9.17, 15) is 18.8 Å². The molecule has 3 rings (SSSR count). The number of benzene rings is 1. The first-order valence-corrected chi connectivity index (χ1v) is 8.42. The van der Waals surface area contributed by atoms with Crippen molar-refractivity contribution >= 4 is 40.9 Å². The summed E-state index contributed by atoms with van der Waals surface area (Å²) < 4.78 is 17.6. The van der Waals surface area contributed by atoms with E-state index in [2.05, 4.69) is 30.3 Å². The van der Waals surface area contributed by atoms with Crippen molar-refractivity contribution in [2.75, 3.05) is 17.7 Å². The van der Waals surface area contributed by atoms with Gasteiger partial charge >= 0.3 is 5.97 Å². The monoisotopic (exact) mass is 417 g/mol. The Hall–Kier alpha value is -3.79. The Labute approximate surface area is 168 Å². The largest absolute Gasteiger partial charge is 0.464 e. The molecule has 0 saturated heterocycles. The van der Waals surface area contributed by atoms with E-state index in [-0.39, 0.29) is 27.8 Å². The number of carbonyl (C=O) groups is 3. The molecular weight excluding hydrogens is 405 g/mol. The maximum Gasteiger partial charge on any atom is 0.359 e. The van der Waals surface area contributed by atoms with Crippen LogP contribution < -0.4 is 10.6 Å². The van der Waals surface area contributed by atoms with E-state index in [4.69, 9.17) is 11.6 Å². The molecule has 3 aromatic rings. The number of nitrogens with one attached hydrogen (secondary N) is 3. The quantitative estimate of drug-likeness (QED) is 0.548. The van der Waals surface area contributed by atoms with E-state index in [1.807, 2.05) is 0 Å². The molecule has 29 heavy (non-hydrogen) atoms. The third-order valence-corrected chi connectivity index (χ3v) is 4.00. The SMILES string of the molecule is COC(=O)c1nc[nH]c1C(=O)Nc1ccc(NC(=O)c2ccc(F)cc2Cl)nc1. The molecule has 0 aliphatic rings. The molecule has 0 unspecified atom stereocenters. The van der Waals surface area contributed by atoms with Gasteiger partial charge in [-0.15, -0.1) is 0 Å². The van der Waals surface area contributed by atoms with Gasteiger partial charge in [-0.2, -0.15) is 0 Å². The zero-order valence-electron chi connectivity index (χ0n) is 14.8. The van der Waals surface area contributed by atoms with Crippen molar-refractivity contribution in [1.82, 2.24) is 15.0 Å². The van der Waals surface area contributed by atoms with Crippen LogP contribution in [-0.4, -0.2) is 39.8 Å². The van der Waals surface area contributed by atoms with Crippen molar-refractivity contribution in [2.24, 2.45) is 0 Å². The van der Waals surface area contributed by atoms with Gasteiger partial charge in [-0.3, -0.25) is 9.59 Å². The van der Waals surface area contributed by atoms with Gasteiger partial charge in [-0.1, -0.05) is 11.6 Å². The van der Waals surface area contributed by atoms with Crippen LogP contribution in [0.3, 0.4) is 0 Å². The molecule has 0 aliphatic heterocycles. The highest BCUT2D eigenvalue weighted by molar-refractivity contribution is 6.34. The number of ether oxygens (including phenoxy) is 1. The molecule has 9 nitrogen and oxygen atoms in total. The topological polar surface area (TPSA) is 126 Å². The summed E-state index contributed by atoms with van der Waals surface area (Å²) in [6.07, 6.45) is 2.49. The highest BCUT2D eigenvalue weighted by atomic mass is 35.5. The summed E-state index contributed by atoms with van der Waals surface area (Å²) in [5.41, 5.74) is 0.165. The summed E-state index contributed by atoms with van der Waals surface area (Å²) in [5, 5.41) is 5.01. The fourth-order valence-electron chi connectivity index (χ4n) is 2.31. The predicted molar refractivity (Wildman–Crippen MR) is 101 cm³/mol. The molecule has 2 amide bonds. The van der Waals surface area contributed by atoms with Crippen LogP contribution in [-0.2, 0) is 4.74 Å². The lowest BCUT2D eigenvalue weighted by atomic mass is 10.2. The third-order valence-electron chi connectivity index (χ3n) is 3.68.